The van der Waals surface area contributed by atoms with Gasteiger partial charge in [0.15, 0.2) is 0 Å². The minimum absolute atomic E-state index is 0.224. The van der Waals surface area contributed by atoms with E-state index in [1.54, 1.807) is 67.8 Å². The summed E-state index contributed by atoms with van der Waals surface area (Å²) < 4.78 is 19.2. The molecule has 29 heavy (non-hydrogen) atoms. The van der Waals surface area contributed by atoms with E-state index in [4.69, 9.17) is 4.74 Å². The van der Waals surface area contributed by atoms with Gasteiger partial charge in [-0.05, 0) is 61.0 Å². The third-order valence-electron chi connectivity index (χ3n) is 4.12. The van der Waals surface area contributed by atoms with E-state index in [1.807, 2.05) is 0 Å². The van der Waals surface area contributed by atoms with Crippen LogP contribution in [-0.2, 0) is 0 Å². The number of rotatable bonds is 7. The second-order valence-electron chi connectivity index (χ2n) is 6.29. The summed E-state index contributed by atoms with van der Waals surface area (Å²) in [6, 6.07) is 14.5. The van der Waals surface area contributed by atoms with E-state index in [9.17, 15) is 14.0 Å². The number of nitrogens with one attached hydrogen (secondary N) is 2. The van der Waals surface area contributed by atoms with Crippen LogP contribution in [0.4, 0.5) is 4.39 Å². The molecule has 2 aromatic carbocycles. The number of amides is 2. The number of ether oxygens (including phenoxy) is 1. The van der Waals surface area contributed by atoms with Crippen molar-refractivity contribution in [2.24, 2.45) is 0 Å². The van der Waals surface area contributed by atoms with Gasteiger partial charge in [0.1, 0.15) is 17.3 Å². The van der Waals surface area contributed by atoms with Gasteiger partial charge in [0.05, 0.1) is 6.20 Å². The maximum Gasteiger partial charge on any atom is 0.251 e. The number of hydrogen-bond donors (Lipinski definition) is 2. The molecular weight excluding hydrogens is 373 g/mol. The predicted octanol–water partition coefficient (Wildman–Crippen LogP) is 3.48. The number of carbonyl (C=O) groups excluding carboxylic acids is 2. The summed E-state index contributed by atoms with van der Waals surface area (Å²) in [7, 11) is 0. The zero-order valence-corrected chi connectivity index (χ0v) is 15.8. The Morgan fingerprint density at radius 2 is 1.59 bits per heavy atom. The Morgan fingerprint density at radius 3 is 2.21 bits per heavy atom. The summed E-state index contributed by atoms with van der Waals surface area (Å²) in [5, 5.41) is 5.36. The van der Waals surface area contributed by atoms with E-state index in [2.05, 4.69) is 15.6 Å². The fourth-order valence-electron chi connectivity index (χ4n) is 2.51. The van der Waals surface area contributed by atoms with Gasteiger partial charge < -0.3 is 15.4 Å². The molecule has 0 saturated carbocycles. The van der Waals surface area contributed by atoms with E-state index in [1.165, 1.54) is 6.07 Å². The highest BCUT2D eigenvalue weighted by molar-refractivity contribution is 5.95. The van der Waals surface area contributed by atoms with Gasteiger partial charge in [-0.15, -0.1) is 0 Å². The van der Waals surface area contributed by atoms with E-state index in [-0.39, 0.29) is 24.6 Å². The van der Waals surface area contributed by atoms with Crippen LogP contribution in [0.3, 0.4) is 0 Å². The molecule has 0 bridgehead atoms. The summed E-state index contributed by atoms with van der Waals surface area (Å²) in [6.07, 6.45) is 3.25. The van der Waals surface area contributed by atoms with E-state index < -0.39 is 11.7 Å². The molecule has 0 fully saturated rings. The highest BCUT2D eigenvalue weighted by Crippen LogP contribution is 2.20. The van der Waals surface area contributed by atoms with Gasteiger partial charge in [-0.3, -0.25) is 14.6 Å². The highest BCUT2D eigenvalue weighted by Gasteiger charge is 2.09. The molecule has 0 aliphatic heterocycles. The standard InChI is InChI=1S/C22H20FN3O3/c1-15-4-5-17(13-20(15)23)22(28)26-12-11-25-21(27)16-6-8-18(9-7-16)29-19-3-2-10-24-14-19/h2-10,13-14H,11-12H2,1H3,(H,25,27)(H,26,28). The van der Waals surface area contributed by atoms with Gasteiger partial charge in [-0.25, -0.2) is 4.39 Å². The molecule has 3 aromatic rings. The highest BCUT2D eigenvalue weighted by atomic mass is 19.1. The summed E-state index contributed by atoms with van der Waals surface area (Å²) in [4.78, 5) is 28.2. The third-order valence-corrected chi connectivity index (χ3v) is 4.12. The van der Waals surface area contributed by atoms with Crippen LogP contribution in [0, 0.1) is 12.7 Å². The molecule has 0 saturated heterocycles. The Kier molecular flexibility index (Phi) is 6.52. The minimum atomic E-state index is -0.429. The second kappa shape index (κ2) is 9.45. The number of hydrogen-bond acceptors (Lipinski definition) is 4. The number of pyridine rings is 1. The number of nitrogens with zero attached hydrogens (tertiary/aromatic N) is 1. The van der Waals surface area contributed by atoms with Crippen molar-refractivity contribution in [2.45, 2.75) is 6.92 Å². The Balaban J connectivity index is 1.44. The quantitative estimate of drug-likeness (QED) is 0.603. The summed E-state index contributed by atoms with van der Waals surface area (Å²) in [5.41, 5.74) is 1.18. The van der Waals surface area contributed by atoms with Gasteiger partial charge >= 0.3 is 0 Å². The molecular formula is C22H20FN3O3. The first-order valence-corrected chi connectivity index (χ1v) is 9.03. The van der Waals surface area contributed by atoms with Crippen LogP contribution in [0.1, 0.15) is 26.3 Å². The zero-order chi connectivity index (χ0) is 20.6. The monoisotopic (exact) mass is 393 g/mol. The molecule has 3 rings (SSSR count). The first kappa shape index (κ1) is 20.0. The first-order valence-electron chi connectivity index (χ1n) is 9.03. The molecule has 6 nitrogen and oxygen atoms in total. The van der Waals surface area contributed by atoms with Gasteiger partial charge in [-0.1, -0.05) is 6.07 Å². The number of carbonyl (C=O) groups is 2. The van der Waals surface area contributed by atoms with Crippen molar-refractivity contribution in [3.05, 3.63) is 89.5 Å². The van der Waals surface area contributed by atoms with Crippen molar-refractivity contribution in [3.63, 3.8) is 0 Å². The van der Waals surface area contributed by atoms with Crippen LogP contribution in [0.2, 0.25) is 0 Å². The average molecular weight is 393 g/mol. The molecule has 0 aliphatic carbocycles. The Morgan fingerprint density at radius 1 is 0.931 bits per heavy atom. The van der Waals surface area contributed by atoms with Crippen LogP contribution >= 0.6 is 0 Å². The van der Waals surface area contributed by atoms with E-state index in [0.29, 0.717) is 22.6 Å². The third kappa shape index (κ3) is 5.62. The molecule has 148 valence electrons. The molecule has 0 atom stereocenters. The molecule has 2 amide bonds. The number of benzene rings is 2. The summed E-state index contributed by atoms with van der Waals surface area (Å²) in [6.45, 7) is 2.10. The van der Waals surface area contributed by atoms with Crippen LogP contribution in [-0.4, -0.2) is 29.9 Å². The molecule has 1 heterocycles. The Hall–Kier alpha value is -3.74. The lowest BCUT2D eigenvalue weighted by Crippen LogP contribution is -2.34. The fourth-order valence-corrected chi connectivity index (χ4v) is 2.51. The minimum Gasteiger partial charge on any atom is -0.456 e. The van der Waals surface area contributed by atoms with Crippen LogP contribution in [0.15, 0.2) is 67.0 Å². The van der Waals surface area contributed by atoms with Crippen molar-refractivity contribution in [1.29, 1.82) is 0 Å². The molecule has 1 aromatic heterocycles. The SMILES string of the molecule is Cc1ccc(C(=O)NCCNC(=O)c2ccc(Oc3cccnc3)cc2)cc1F. The Labute approximate surface area is 167 Å². The van der Waals surface area contributed by atoms with Gasteiger partial charge in [0.2, 0.25) is 0 Å². The van der Waals surface area contributed by atoms with Crippen LogP contribution < -0.4 is 15.4 Å². The lowest BCUT2D eigenvalue weighted by molar-refractivity contribution is 0.0927. The summed E-state index contributed by atoms with van der Waals surface area (Å²) >= 11 is 0. The first-order chi connectivity index (χ1) is 14.0. The van der Waals surface area contributed by atoms with E-state index in [0.717, 1.165) is 0 Å². The van der Waals surface area contributed by atoms with Gasteiger partial charge in [0.25, 0.3) is 11.8 Å². The lowest BCUT2D eigenvalue weighted by Gasteiger charge is -2.09. The normalized spacial score (nSPS) is 10.3. The molecule has 7 heteroatoms. The van der Waals surface area contributed by atoms with Crippen molar-refractivity contribution >= 4 is 11.8 Å². The van der Waals surface area contributed by atoms with Crippen molar-refractivity contribution < 1.29 is 18.7 Å². The van der Waals surface area contributed by atoms with Crippen LogP contribution in [0.5, 0.6) is 11.5 Å². The second-order valence-corrected chi connectivity index (χ2v) is 6.29. The van der Waals surface area contributed by atoms with E-state index >= 15 is 0 Å². The maximum absolute atomic E-state index is 13.5. The predicted molar refractivity (Wildman–Crippen MR) is 107 cm³/mol. The topological polar surface area (TPSA) is 80.3 Å². The van der Waals surface area contributed by atoms with Crippen molar-refractivity contribution in [3.8, 4) is 11.5 Å². The smallest absolute Gasteiger partial charge is 0.251 e. The summed E-state index contributed by atoms with van der Waals surface area (Å²) in [5.74, 6) is 0.103. The van der Waals surface area contributed by atoms with Gasteiger partial charge in [0, 0.05) is 30.4 Å². The number of aryl methyl sites for hydroxylation is 1. The van der Waals surface area contributed by atoms with Crippen LogP contribution in [0.25, 0.3) is 0 Å². The largest absolute Gasteiger partial charge is 0.456 e. The molecule has 0 aliphatic rings. The molecule has 0 radical (unpaired) electrons. The molecule has 0 spiro atoms. The number of aromatic nitrogens is 1. The number of halogens is 1. The van der Waals surface area contributed by atoms with Gasteiger partial charge in [-0.2, -0.15) is 0 Å². The van der Waals surface area contributed by atoms with Crippen molar-refractivity contribution in [2.75, 3.05) is 13.1 Å². The fraction of sp³-hybridized carbons (Fsp3) is 0.136. The zero-order valence-electron chi connectivity index (χ0n) is 15.8. The lowest BCUT2D eigenvalue weighted by atomic mass is 10.1. The molecule has 0 unspecified atom stereocenters. The Bertz CT molecular complexity index is 992. The van der Waals surface area contributed by atoms with Crippen molar-refractivity contribution in [1.82, 2.24) is 15.6 Å². The maximum atomic E-state index is 13.5. The molecule has 2 N–H and O–H groups in total. The average Bonchev–Trinajstić information content (AvgIpc) is 2.74.